The first-order chi connectivity index (χ1) is 13.1. The Morgan fingerprint density at radius 1 is 1.19 bits per heavy atom. The SMILES string of the molecule is COCCN1CC(NC(=O)c2ccccc2Cc2ccc(C)cc2)CC1=O. The number of hydrogen-bond acceptors (Lipinski definition) is 3. The lowest BCUT2D eigenvalue weighted by Gasteiger charge is -2.17. The van der Waals surface area contributed by atoms with Crippen LogP contribution in [0, 0.1) is 6.92 Å². The third-order valence-corrected chi connectivity index (χ3v) is 4.89. The van der Waals surface area contributed by atoms with Crippen LogP contribution in [0.15, 0.2) is 48.5 Å². The number of ether oxygens (including phenoxy) is 1. The molecule has 1 fully saturated rings. The number of hydrogen-bond donors (Lipinski definition) is 1. The van der Waals surface area contributed by atoms with E-state index in [1.807, 2.05) is 24.3 Å². The fourth-order valence-electron chi connectivity index (χ4n) is 3.37. The molecule has 1 saturated heterocycles. The van der Waals surface area contributed by atoms with Crippen molar-refractivity contribution in [3.05, 3.63) is 70.8 Å². The molecule has 1 aliphatic rings. The molecule has 0 bridgehead atoms. The van der Waals surface area contributed by atoms with Crippen molar-refractivity contribution in [2.24, 2.45) is 0 Å². The van der Waals surface area contributed by atoms with E-state index in [1.165, 1.54) is 11.1 Å². The summed E-state index contributed by atoms with van der Waals surface area (Å²) in [6.45, 7) is 3.66. The lowest BCUT2D eigenvalue weighted by atomic mass is 9.98. The molecule has 0 aromatic heterocycles. The molecule has 27 heavy (non-hydrogen) atoms. The van der Waals surface area contributed by atoms with Crippen LogP contribution in [0.4, 0.5) is 0 Å². The Morgan fingerprint density at radius 3 is 2.67 bits per heavy atom. The fourth-order valence-corrected chi connectivity index (χ4v) is 3.37. The van der Waals surface area contributed by atoms with Gasteiger partial charge in [0.15, 0.2) is 0 Å². The predicted molar refractivity (Wildman–Crippen MR) is 105 cm³/mol. The van der Waals surface area contributed by atoms with Gasteiger partial charge in [0.05, 0.1) is 12.6 Å². The summed E-state index contributed by atoms with van der Waals surface area (Å²) in [5.74, 6) is -0.0607. The van der Waals surface area contributed by atoms with Gasteiger partial charge in [-0.15, -0.1) is 0 Å². The molecule has 2 amide bonds. The van der Waals surface area contributed by atoms with Crippen molar-refractivity contribution in [1.82, 2.24) is 10.2 Å². The highest BCUT2D eigenvalue weighted by molar-refractivity contribution is 5.96. The summed E-state index contributed by atoms with van der Waals surface area (Å²) in [6.07, 6.45) is 1.04. The highest BCUT2D eigenvalue weighted by Crippen LogP contribution is 2.17. The highest BCUT2D eigenvalue weighted by Gasteiger charge is 2.30. The zero-order valence-corrected chi connectivity index (χ0v) is 15.9. The number of methoxy groups -OCH3 is 1. The van der Waals surface area contributed by atoms with E-state index in [0.717, 1.165) is 5.56 Å². The van der Waals surface area contributed by atoms with Crippen LogP contribution >= 0.6 is 0 Å². The Balaban J connectivity index is 1.67. The highest BCUT2D eigenvalue weighted by atomic mass is 16.5. The number of aryl methyl sites for hydroxylation is 1. The van der Waals surface area contributed by atoms with Crippen LogP contribution in [-0.4, -0.2) is 49.6 Å². The molecular formula is C22H26N2O3. The fraction of sp³-hybridized carbons (Fsp3) is 0.364. The molecule has 1 heterocycles. The summed E-state index contributed by atoms with van der Waals surface area (Å²) < 4.78 is 5.04. The second kappa shape index (κ2) is 8.82. The summed E-state index contributed by atoms with van der Waals surface area (Å²) in [5, 5.41) is 3.03. The smallest absolute Gasteiger partial charge is 0.251 e. The zero-order valence-electron chi connectivity index (χ0n) is 15.9. The van der Waals surface area contributed by atoms with Crippen LogP contribution < -0.4 is 5.32 Å². The molecule has 5 nitrogen and oxygen atoms in total. The van der Waals surface area contributed by atoms with Gasteiger partial charge in [-0.05, 0) is 30.5 Å². The molecule has 0 aliphatic carbocycles. The van der Waals surface area contributed by atoms with Crippen molar-refractivity contribution in [3.63, 3.8) is 0 Å². The van der Waals surface area contributed by atoms with Crippen LogP contribution in [0.3, 0.4) is 0 Å². The number of carbonyl (C=O) groups excluding carboxylic acids is 2. The average molecular weight is 366 g/mol. The van der Waals surface area contributed by atoms with Crippen molar-refractivity contribution in [2.45, 2.75) is 25.8 Å². The molecule has 2 aromatic rings. The number of nitrogens with zero attached hydrogens (tertiary/aromatic N) is 1. The van der Waals surface area contributed by atoms with Gasteiger partial charge in [0.2, 0.25) is 5.91 Å². The standard InChI is InChI=1S/C22H26N2O3/c1-16-7-9-17(10-8-16)13-18-5-3-4-6-20(18)22(26)23-19-14-21(25)24(15-19)11-12-27-2/h3-10,19H,11-15H2,1-2H3,(H,23,26). The van der Waals surface area contributed by atoms with Crippen molar-refractivity contribution in [1.29, 1.82) is 0 Å². The Bertz CT molecular complexity index is 801. The molecule has 1 aliphatic heterocycles. The van der Waals surface area contributed by atoms with Gasteiger partial charge in [0.1, 0.15) is 0 Å². The molecule has 0 saturated carbocycles. The first-order valence-electron chi connectivity index (χ1n) is 9.28. The van der Waals surface area contributed by atoms with Crippen LogP contribution in [0.2, 0.25) is 0 Å². The monoisotopic (exact) mass is 366 g/mol. The topological polar surface area (TPSA) is 58.6 Å². The van der Waals surface area contributed by atoms with Gasteiger partial charge in [-0.1, -0.05) is 48.0 Å². The van der Waals surface area contributed by atoms with Crippen molar-refractivity contribution in [2.75, 3.05) is 26.8 Å². The van der Waals surface area contributed by atoms with Crippen molar-refractivity contribution in [3.8, 4) is 0 Å². The Morgan fingerprint density at radius 2 is 1.93 bits per heavy atom. The van der Waals surface area contributed by atoms with E-state index < -0.39 is 0 Å². The number of nitrogens with one attached hydrogen (secondary N) is 1. The van der Waals surface area contributed by atoms with Crippen LogP contribution in [-0.2, 0) is 16.0 Å². The van der Waals surface area contributed by atoms with Gasteiger partial charge in [-0.25, -0.2) is 0 Å². The minimum Gasteiger partial charge on any atom is -0.383 e. The summed E-state index contributed by atoms with van der Waals surface area (Å²) in [6, 6.07) is 15.8. The second-order valence-corrected chi connectivity index (χ2v) is 7.03. The third kappa shape index (κ3) is 4.95. The van der Waals surface area contributed by atoms with Crippen LogP contribution in [0.1, 0.15) is 33.5 Å². The van der Waals surface area contributed by atoms with E-state index in [0.29, 0.717) is 38.1 Å². The minimum absolute atomic E-state index is 0.0605. The van der Waals surface area contributed by atoms with Crippen molar-refractivity contribution >= 4 is 11.8 Å². The average Bonchev–Trinajstić information content (AvgIpc) is 3.01. The molecule has 3 rings (SSSR count). The Kier molecular flexibility index (Phi) is 6.24. The second-order valence-electron chi connectivity index (χ2n) is 7.03. The Labute approximate surface area is 160 Å². The van der Waals surface area contributed by atoms with Gasteiger partial charge < -0.3 is 15.0 Å². The summed E-state index contributed by atoms with van der Waals surface area (Å²) in [5.41, 5.74) is 4.04. The van der Waals surface area contributed by atoms with E-state index in [2.05, 4.69) is 36.5 Å². The third-order valence-electron chi connectivity index (χ3n) is 4.89. The van der Waals surface area contributed by atoms with Gasteiger partial charge in [-0.2, -0.15) is 0 Å². The Hall–Kier alpha value is -2.66. The number of amides is 2. The predicted octanol–water partition coefficient (Wildman–Crippen LogP) is 2.56. The molecule has 1 atom stereocenters. The summed E-state index contributed by atoms with van der Waals surface area (Å²) >= 11 is 0. The normalized spacial score (nSPS) is 16.6. The number of likely N-dealkylation sites (tertiary alicyclic amines) is 1. The van der Waals surface area contributed by atoms with E-state index in [-0.39, 0.29) is 17.9 Å². The van der Waals surface area contributed by atoms with Gasteiger partial charge >= 0.3 is 0 Å². The minimum atomic E-state index is -0.158. The molecule has 1 N–H and O–H groups in total. The quantitative estimate of drug-likeness (QED) is 0.819. The first kappa shape index (κ1) is 19.1. The van der Waals surface area contributed by atoms with Gasteiger partial charge in [0.25, 0.3) is 5.91 Å². The van der Waals surface area contributed by atoms with E-state index in [9.17, 15) is 9.59 Å². The van der Waals surface area contributed by atoms with Crippen LogP contribution in [0.25, 0.3) is 0 Å². The molecule has 1 unspecified atom stereocenters. The van der Waals surface area contributed by atoms with E-state index in [1.54, 1.807) is 12.0 Å². The molecule has 0 spiro atoms. The summed E-state index contributed by atoms with van der Waals surface area (Å²) in [4.78, 5) is 26.6. The molecular weight excluding hydrogens is 340 g/mol. The lowest BCUT2D eigenvalue weighted by Crippen LogP contribution is -2.38. The number of benzene rings is 2. The maximum Gasteiger partial charge on any atom is 0.251 e. The summed E-state index contributed by atoms with van der Waals surface area (Å²) in [7, 11) is 1.62. The van der Waals surface area contributed by atoms with E-state index >= 15 is 0 Å². The zero-order chi connectivity index (χ0) is 19.2. The van der Waals surface area contributed by atoms with Gasteiger partial charge in [0, 0.05) is 32.2 Å². The molecule has 142 valence electrons. The number of rotatable bonds is 7. The maximum absolute atomic E-state index is 12.8. The largest absolute Gasteiger partial charge is 0.383 e. The van der Waals surface area contributed by atoms with Gasteiger partial charge in [-0.3, -0.25) is 9.59 Å². The molecule has 0 radical (unpaired) electrons. The lowest BCUT2D eigenvalue weighted by molar-refractivity contribution is -0.128. The van der Waals surface area contributed by atoms with E-state index in [4.69, 9.17) is 4.74 Å². The van der Waals surface area contributed by atoms with Crippen LogP contribution in [0.5, 0.6) is 0 Å². The molecule has 2 aromatic carbocycles. The van der Waals surface area contributed by atoms with Crippen molar-refractivity contribution < 1.29 is 14.3 Å². The number of carbonyl (C=O) groups is 2. The first-order valence-corrected chi connectivity index (χ1v) is 9.28. The molecule has 5 heteroatoms. The maximum atomic E-state index is 12.8.